The number of rotatable bonds is 4. The molecule has 5 heteroatoms. The second-order valence-electron chi connectivity index (χ2n) is 4.97. The van der Waals surface area contributed by atoms with E-state index in [1.54, 1.807) is 6.92 Å². The topological polar surface area (TPSA) is 42.3 Å². The maximum atomic E-state index is 12.2. The SMILES string of the molecule is C=CCn1cc(/C=C2/SC(=O)N(CC)C2=O)c2ccccc21. The lowest BCUT2D eigenvalue weighted by Gasteiger charge is -2.06. The monoisotopic (exact) mass is 312 g/mol. The Morgan fingerprint density at radius 3 is 2.73 bits per heavy atom. The molecule has 0 aliphatic carbocycles. The molecule has 22 heavy (non-hydrogen) atoms. The molecule has 1 aromatic carbocycles. The van der Waals surface area contributed by atoms with Crippen molar-refractivity contribution in [1.29, 1.82) is 0 Å². The number of benzene rings is 1. The summed E-state index contributed by atoms with van der Waals surface area (Å²) in [5.41, 5.74) is 2.03. The van der Waals surface area contributed by atoms with Crippen molar-refractivity contribution in [3.05, 3.63) is 53.6 Å². The fourth-order valence-corrected chi connectivity index (χ4v) is 3.49. The molecule has 1 aliphatic rings. The molecule has 2 heterocycles. The molecule has 1 aromatic heterocycles. The van der Waals surface area contributed by atoms with Crippen molar-refractivity contribution in [2.45, 2.75) is 13.5 Å². The van der Waals surface area contributed by atoms with Gasteiger partial charge in [-0.25, -0.2) is 0 Å². The summed E-state index contributed by atoms with van der Waals surface area (Å²) in [7, 11) is 0. The molecule has 1 fully saturated rings. The van der Waals surface area contributed by atoms with E-state index in [0.717, 1.165) is 28.2 Å². The number of nitrogens with zero attached hydrogens (tertiary/aromatic N) is 2. The fourth-order valence-electron chi connectivity index (χ4n) is 2.59. The van der Waals surface area contributed by atoms with E-state index in [1.807, 2.05) is 42.6 Å². The Kier molecular flexibility index (Phi) is 3.90. The van der Waals surface area contributed by atoms with Crippen LogP contribution in [-0.2, 0) is 11.3 Å². The number of hydrogen-bond acceptors (Lipinski definition) is 3. The minimum Gasteiger partial charge on any atom is -0.343 e. The van der Waals surface area contributed by atoms with Crippen LogP contribution in [0, 0.1) is 0 Å². The number of imide groups is 1. The smallest absolute Gasteiger partial charge is 0.293 e. The third-order valence-corrected chi connectivity index (χ3v) is 4.53. The van der Waals surface area contributed by atoms with Crippen molar-refractivity contribution in [3.8, 4) is 0 Å². The highest BCUT2D eigenvalue weighted by Gasteiger charge is 2.33. The van der Waals surface area contributed by atoms with Gasteiger partial charge in [0.25, 0.3) is 11.1 Å². The van der Waals surface area contributed by atoms with Crippen molar-refractivity contribution in [3.63, 3.8) is 0 Å². The predicted molar refractivity (Wildman–Crippen MR) is 90.5 cm³/mol. The summed E-state index contributed by atoms with van der Waals surface area (Å²) in [6.07, 6.45) is 5.63. The Morgan fingerprint density at radius 2 is 2.05 bits per heavy atom. The van der Waals surface area contributed by atoms with Gasteiger partial charge in [-0.1, -0.05) is 24.3 Å². The van der Waals surface area contributed by atoms with Gasteiger partial charge in [0.2, 0.25) is 0 Å². The van der Waals surface area contributed by atoms with Gasteiger partial charge in [-0.2, -0.15) is 0 Å². The Morgan fingerprint density at radius 1 is 1.27 bits per heavy atom. The van der Waals surface area contributed by atoms with Gasteiger partial charge in [0.15, 0.2) is 0 Å². The van der Waals surface area contributed by atoms with E-state index >= 15 is 0 Å². The molecule has 2 amide bonds. The maximum Gasteiger partial charge on any atom is 0.293 e. The molecule has 4 nitrogen and oxygen atoms in total. The third kappa shape index (κ3) is 2.37. The number of amides is 2. The molecular weight excluding hydrogens is 296 g/mol. The molecule has 0 N–H and O–H groups in total. The molecule has 0 atom stereocenters. The number of hydrogen-bond donors (Lipinski definition) is 0. The van der Waals surface area contributed by atoms with E-state index in [0.29, 0.717) is 18.0 Å². The van der Waals surface area contributed by atoms with E-state index in [2.05, 4.69) is 11.1 Å². The molecule has 3 rings (SSSR count). The molecule has 2 aromatic rings. The molecule has 112 valence electrons. The van der Waals surface area contributed by atoms with Crippen LogP contribution >= 0.6 is 11.8 Å². The Bertz CT molecular complexity index is 804. The van der Waals surface area contributed by atoms with Gasteiger partial charge in [-0.3, -0.25) is 14.5 Å². The zero-order valence-corrected chi connectivity index (χ0v) is 13.1. The Labute approximate surface area is 133 Å². The zero-order chi connectivity index (χ0) is 15.7. The lowest BCUT2D eigenvalue weighted by molar-refractivity contribution is -0.122. The largest absolute Gasteiger partial charge is 0.343 e. The average molecular weight is 312 g/mol. The summed E-state index contributed by atoms with van der Waals surface area (Å²) in [5, 5.41) is 0.862. The first kappa shape index (κ1) is 14.7. The van der Waals surface area contributed by atoms with Crippen LogP contribution in [0.2, 0.25) is 0 Å². The first-order valence-corrected chi connectivity index (χ1v) is 7.91. The van der Waals surface area contributed by atoms with Crippen LogP contribution < -0.4 is 0 Å². The number of para-hydroxylation sites is 1. The molecule has 0 spiro atoms. The van der Waals surface area contributed by atoms with E-state index in [9.17, 15) is 9.59 Å². The van der Waals surface area contributed by atoms with Gasteiger partial charge >= 0.3 is 0 Å². The van der Waals surface area contributed by atoms with Crippen LogP contribution in [0.25, 0.3) is 17.0 Å². The van der Waals surface area contributed by atoms with Gasteiger partial charge in [0, 0.05) is 35.8 Å². The third-order valence-electron chi connectivity index (χ3n) is 3.62. The van der Waals surface area contributed by atoms with Gasteiger partial charge in [-0.15, -0.1) is 6.58 Å². The Hall–Kier alpha value is -2.27. The lowest BCUT2D eigenvalue weighted by atomic mass is 10.1. The molecular formula is C17H16N2O2S. The van der Waals surface area contributed by atoms with Crippen LogP contribution in [0.5, 0.6) is 0 Å². The van der Waals surface area contributed by atoms with Gasteiger partial charge in [0.1, 0.15) is 0 Å². The van der Waals surface area contributed by atoms with Crippen molar-refractivity contribution in [2.75, 3.05) is 6.54 Å². The minimum atomic E-state index is -0.210. The highest BCUT2D eigenvalue weighted by atomic mass is 32.2. The second-order valence-corrected chi connectivity index (χ2v) is 5.96. The number of carbonyl (C=O) groups excluding carboxylic acids is 2. The van der Waals surface area contributed by atoms with Crippen molar-refractivity contribution < 1.29 is 9.59 Å². The van der Waals surface area contributed by atoms with E-state index < -0.39 is 0 Å². The first-order chi connectivity index (χ1) is 10.7. The maximum absolute atomic E-state index is 12.2. The number of aromatic nitrogens is 1. The summed E-state index contributed by atoms with van der Waals surface area (Å²) in [6, 6.07) is 8.01. The minimum absolute atomic E-state index is 0.200. The van der Waals surface area contributed by atoms with Crippen LogP contribution in [0.4, 0.5) is 4.79 Å². The number of fused-ring (bicyclic) bond motifs is 1. The van der Waals surface area contributed by atoms with Crippen molar-refractivity contribution >= 4 is 39.9 Å². The van der Waals surface area contributed by atoms with E-state index in [4.69, 9.17) is 0 Å². The predicted octanol–water partition coefficient (Wildman–Crippen LogP) is 3.88. The highest BCUT2D eigenvalue weighted by molar-refractivity contribution is 8.18. The number of likely N-dealkylation sites (N-methyl/N-ethyl adjacent to an activating group) is 1. The average Bonchev–Trinajstić information content (AvgIpc) is 2.99. The molecule has 0 saturated carbocycles. The van der Waals surface area contributed by atoms with Crippen LogP contribution in [0.1, 0.15) is 12.5 Å². The molecule has 1 saturated heterocycles. The van der Waals surface area contributed by atoms with Crippen molar-refractivity contribution in [2.24, 2.45) is 0 Å². The van der Waals surface area contributed by atoms with Gasteiger partial charge in [0.05, 0.1) is 4.91 Å². The molecule has 0 unspecified atom stereocenters. The first-order valence-electron chi connectivity index (χ1n) is 7.09. The summed E-state index contributed by atoms with van der Waals surface area (Å²) < 4.78 is 2.08. The summed E-state index contributed by atoms with van der Waals surface area (Å²) in [6.45, 7) is 6.68. The molecule has 0 bridgehead atoms. The molecule has 0 radical (unpaired) electrons. The number of thioether (sulfide) groups is 1. The van der Waals surface area contributed by atoms with E-state index in [-0.39, 0.29) is 11.1 Å². The van der Waals surface area contributed by atoms with Gasteiger partial charge in [-0.05, 0) is 30.8 Å². The fraction of sp³-hybridized carbons (Fsp3) is 0.176. The lowest BCUT2D eigenvalue weighted by Crippen LogP contribution is -2.27. The van der Waals surface area contributed by atoms with Crippen LogP contribution in [-0.4, -0.2) is 27.2 Å². The Balaban J connectivity index is 2.08. The van der Waals surface area contributed by atoms with Gasteiger partial charge < -0.3 is 4.57 Å². The summed E-state index contributed by atoms with van der Waals surface area (Å²) in [4.78, 5) is 25.8. The number of allylic oxidation sites excluding steroid dienone is 1. The summed E-state index contributed by atoms with van der Waals surface area (Å²) in [5.74, 6) is -0.210. The number of carbonyl (C=O) groups is 2. The standard InChI is InChI=1S/C17H16N2O2S/c1-3-9-18-11-12(13-7-5-6-8-14(13)18)10-15-16(20)19(4-2)17(21)22-15/h3,5-8,10-11H,1,4,9H2,2H3/b15-10+. The van der Waals surface area contributed by atoms with Crippen LogP contribution in [0.15, 0.2) is 48.0 Å². The van der Waals surface area contributed by atoms with Crippen molar-refractivity contribution in [1.82, 2.24) is 9.47 Å². The highest BCUT2D eigenvalue weighted by Crippen LogP contribution is 2.33. The van der Waals surface area contributed by atoms with Crippen LogP contribution in [0.3, 0.4) is 0 Å². The quantitative estimate of drug-likeness (QED) is 0.635. The summed E-state index contributed by atoms with van der Waals surface area (Å²) >= 11 is 1.00. The normalized spacial score (nSPS) is 17.0. The second kappa shape index (κ2) is 5.85. The molecule has 1 aliphatic heterocycles. The zero-order valence-electron chi connectivity index (χ0n) is 12.3. The van der Waals surface area contributed by atoms with E-state index in [1.165, 1.54) is 4.90 Å².